The maximum absolute atomic E-state index is 11.8. The Morgan fingerprint density at radius 2 is 2.07 bits per heavy atom. The molecule has 1 unspecified atom stereocenters. The van der Waals surface area contributed by atoms with Crippen LogP contribution >= 0.6 is 0 Å². The van der Waals surface area contributed by atoms with Crippen molar-refractivity contribution in [2.24, 2.45) is 23.2 Å². The lowest BCUT2D eigenvalue weighted by molar-refractivity contribution is -0.105. The summed E-state index contributed by atoms with van der Waals surface area (Å²) in [7, 11) is 0. The average molecular weight is 383 g/mol. The highest BCUT2D eigenvalue weighted by atomic mass is 16.5. The van der Waals surface area contributed by atoms with E-state index in [9.17, 15) is 9.90 Å². The zero-order valence-electron chi connectivity index (χ0n) is 17.9. The summed E-state index contributed by atoms with van der Waals surface area (Å²) < 4.78 is 6.42. The molecule has 152 valence electrons. The van der Waals surface area contributed by atoms with E-state index >= 15 is 0 Å². The predicted molar refractivity (Wildman–Crippen MR) is 112 cm³/mol. The summed E-state index contributed by atoms with van der Waals surface area (Å²) in [6.45, 7) is 10.8. The fraction of sp³-hybridized carbons (Fsp3) is 0.640. The minimum Gasteiger partial charge on any atom is -0.486 e. The molecule has 4 aliphatic rings. The van der Waals surface area contributed by atoms with Gasteiger partial charge in [0.1, 0.15) is 18.1 Å². The second kappa shape index (κ2) is 6.73. The van der Waals surface area contributed by atoms with Crippen LogP contribution in [0.4, 0.5) is 0 Å². The van der Waals surface area contributed by atoms with E-state index in [1.165, 1.54) is 16.7 Å². The van der Waals surface area contributed by atoms with Crippen molar-refractivity contribution in [1.82, 2.24) is 0 Å². The summed E-state index contributed by atoms with van der Waals surface area (Å²) in [4.78, 5) is 11.8. The molecule has 6 atom stereocenters. The smallest absolute Gasteiger partial charge is 0.146 e. The normalized spacial score (nSPS) is 44.1. The third-order valence-corrected chi connectivity index (χ3v) is 7.60. The molecule has 1 aliphatic heterocycles. The topological polar surface area (TPSA) is 46.5 Å². The molecule has 0 aromatic heterocycles. The highest BCUT2D eigenvalue weighted by molar-refractivity contribution is 5.74. The molecule has 0 amide bonds. The zero-order valence-corrected chi connectivity index (χ0v) is 17.9. The second-order valence-electron chi connectivity index (χ2n) is 10.2. The SMILES string of the molecule is CC(C)=CC1C[C@H](C)C2=C3C/C=C(/C=O)[C@H]4CC[C@@](C)(O)[C@H]4C[C@@]3(C)C=C2O1. The van der Waals surface area contributed by atoms with Gasteiger partial charge in [0.2, 0.25) is 0 Å². The van der Waals surface area contributed by atoms with Crippen molar-refractivity contribution in [2.75, 3.05) is 0 Å². The van der Waals surface area contributed by atoms with Gasteiger partial charge in [0.15, 0.2) is 0 Å². The first kappa shape index (κ1) is 19.7. The van der Waals surface area contributed by atoms with Gasteiger partial charge in [-0.3, -0.25) is 4.79 Å². The lowest BCUT2D eigenvalue weighted by Gasteiger charge is -2.39. The van der Waals surface area contributed by atoms with Gasteiger partial charge >= 0.3 is 0 Å². The monoisotopic (exact) mass is 382 g/mol. The van der Waals surface area contributed by atoms with Gasteiger partial charge in [-0.25, -0.2) is 0 Å². The number of ether oxygens (including phenoxy) is 1. The summed E-state index contributed by atoms with van der Waals surface area (Å²) in [5.74, 6) is 1.75. The Morgan fingerprint density at radius 1 is 1.32 bits per heavy atom. The zero-order chi connectivity index (χ0) is 20.3. The minimum atomic E-state index is -0.716. The van der Waals surface area contributed by atoms with Gasteiger partial charge in [-0.1, -0.05) is 25.5 Å². The Balaban J connectivity index is 1.78. The van der Waals surface area contributed by atoms with Crippen molar-refractivity contribution in [3.63, 3.8) is 0 Å². The number of allylic oxidation sites excluding steroid dienone is 6. The summed E-state index contributed by atoms with van der Waals surface area (Å²) >= 11 is 0. The van der Waals surface area contributed by atoms with Gasteiger partial charge < -0.3 is 9.84 Å². The average Bonchev–Trinajstić information content (AvgIpc) is 3.01. The van der Waals surface area contributed by atoms with Crippen molar-refractivity contribution < 1.29 is 14.6 Å². The van der Waals surface area contributed by atoms with Gasteiger partial charge in [-0.05, 0) is 99.5 Å². The predicted octanol–water partition coefficient (Wildman–Crippen LogP) is 5.27. The van der Waals surface area contributed by atoms with Gasteiger partial charge in [0.05, 0.1) is 5.60 Å². The van der Waals surface area contributed by atoms with Crippen molar-refractivity contribution in [3.05, 3.63) is 46.3 Å². The Hall–Kier alpha value is -1.61. The van der Waals surface area contributed by atoms with Gasteiger partial charge in [0.25, 0.3) is 0 Å². The summed E-state index contributed by atoms with van der Waals surface area (Å²) in [5, 5.41) is 11.1. The molecule has 1 N–H and O–H groups in total. The molecule has 2 fully saturated rings. The van der Waals surface area contributed by atoms with Crippen molar-refractivity contribution in [1.29, 1.82) is 0 Å². The Bertz CT molecular complexity index is 806. The molecule has 3 nitrogen and oxygen atoms in total. The van der Waals surface area contributed by atoms with Crippen LogP contribution in [-0.4, -0.2) is 23.1 Å². The van der Waals surface area contributed by atoms with Crippen molar-refractivity contribution >= 4 is 6.29 Å². The molecule has 1 saturated heterocycles. The number of rotatable bonds is 2. The van der Waals surface area contributed by atoms with E-state index in [0.29, 0.717) is 5.92 Å². The van der Waals surface area contributed by atoms with Crippen LogP contribution in [0.15, 0.2) is 46.3 Å². The molecule has 4 rings (SSSR count). The number of aldehydes is 1. The highest BCUT2D eigenvalue weighted by Crippen LogP contribution is 2.57. The molecule has 0 aromatic carbocycles. The molecule has 1 heterocycles. The Morgan fingerprint density at radius 3 is 2.75 bits per heavy atom. The van der Waals surface area contributed by atoms with Crippen LogP contribution in [0.25, 0.3) is 0 Å². The lowest BCUT2D eigenvalue weighted by atomic mass is 9.66. The fourth-order valence-corrected chi connectivity index (χ4v) is 6.22. The summed E-state index contributed by atoms with van der Waals surface area (Å²) in [5.41, 5.74) is 4.09. The first-order valence-electron chi connectivity index (χ1n) is 10.8. The molecular weight excluding hydrogens is 348 g/mol. The molecule has 0 radical (unpaired) electrons. The number of fused-ring (bicyclic) bond motifs is 3. The van der Waals surface area contributed by atoms with Crippen LogP contribution in [0.5, 0.6) is 0 Å². The second-order valence-corrected chi connectivity index (χ2v) is 10.2. The largest absolute Gasteiger partial charge is 0.486 e. The summed E-state index contributed by atoms with van der Waals surface area (Å²) in [6.07, 6.45) is 12.2. The molecular formula is C25H34O3. The van der Waals surface area contributed by atoms with E-state index in [1.807, 2.05) is 6.92 Å². The third-order valence-electron chi connectivity index (χ3n) is 7.60. The van der Waals surface area contributed by atoms with E-state index in [0.717, 1.165) is 49.7 Å². The van der Waals surface area contributed by atoms with Crippen LogP contribution in [0.1, 0.15) is 66.7 Å². The van der Waals surface area contributed by atoms with Gasteiger partial charge in [0, 0.05) is 5.41 Å². The number of carbonyl (C=O) groups is 1. The molecule has 3 aliphatic carbocycles. The maximum atomic E-state index is 11.8. The molecule has 28 heavy (non-hydrogen) atoms. The van der Waals surface area contributed by atoms with Crippen LogP contribution in [0.2, 0.25) is 0 Å². The molecule has 1 saturated carbocycles. The van der Waals surface area contributed by atoms with Gasteiger partial charge in [-0.15, -0.1) is 0 Å². The van der Waals surface area contributed by atoms with Crippen molar-refractivity contribution in [3.8, 4) is 0 Å². The maximum Gasteiger partial charge on any atom is 0.146 e. The van der Waals surface area contributed by atoms with Crippen LogP contribution in [0, 0.1) is 23.2 Å². The van der Waals surface area contributed by atoms with Gasteiger partial charge in [-0.2, -0.15) is 0 Å². The number of hydrogen-bond donors (Lipinski definition) is 1. The number of carbonyl (C=O) groups excluding carboxylic acids is 1. The minimum absolute atomic E-state index is 0.103. The molecule has 0 aromatic rings. The van der Waals surface area contributed by atoms with Crippen LogP contribution < -0.4 is 0 Å². The third kappa shape index (κ3) is 3.12. The Kier molecular flexibility index (Phi) is 4.73. The van der Waals surface area contributed by atoms with E-state index in [2.05, 4.69) is 45.9 Å². The first-order chi connectivity index (χ1) is 13.1. The van der Waals surface area contributed by atoms with E-state index < -0.39 is 5.60 Å². The van der Waals surface area contributed by atoms with Crippen LogP contribution in [-0.2, 0) is 9.53 Å². The fourth-order valence-electron chi connectivity index (χ4n) is 6.22. The Labute approximate surface area is 169 Å². The number of hydrogen-bond acceptors (Lipinski definition) is 3. The van der Waals surface area contributed by atoms with E-state index in [1.54, 1.807) is 0 Å². The molecule has 0 spiro atoms. The molecule has 3 heteroatoms. The summed E-state index contributed by atoms with van der Waals surface area (Å²) in [6, 6.07) is 0. The lowest BCUT2D eigenvalue weighted by Crippen LogP contribution is -2.37. The number of aliphatic hydroxyl groups is 1. The highest BCUT2D eigenvalue weighted by Gasteiger charge is 2.51. The van der Waals surface area contributed by atoms with Crippen molar-refractivity contribution in [2.45, 2.75) is 78.4 Å². The van der Waals surface area contributed by atoms with E-state index in [-0.39, 0.29) is 23.4 Å². The first-order valence-corrected chi connectivity index (χ1v) is 10.8. The quantitative estimate of drug-likeness (QED) is 0.522. The van der Waals surface area contributed by atoms with E-state index in [4.69, 9.17) is 4.74 Å². The molecule has 0 bridgehead atoms. The van der Waals surface area contributed by atoms with Crippen LogP contribution in [0.3, 0.4) is 0 Å². The standard InChI is InChI=1S/C25H34O3/c1-15(2)10-18-11-16(3)23-20-7-6-17(14-26)19-8-9-25(5,27)21(19)12-24(20,4)13-22(23)28-18/h6,10,13-14,16,18-19,21,27H,7-9,11-12H2,1-5H3/b17-6-/t16-,18?,19+,21-,24-,25+/m0/s1.